The maximum Gasteiger partial charge on any atom is 0.253 e. The van der Waals surface area contributed by atoms with Crippen LogP contribution in [0.5, 0.6) is 0 Å². The van der Waals surface area contributed by atoms with Crippen molar-refractivity contribution in [3.8, 4) is 0 Å². The van der Waals surface area contributed by atoms with Gasteiger partial charge in [-0.2, -0.15) is 11.3 Å². The summed E-state index contributed by atoms with van der Waals surface area (Å²) in [6.45, 7) is 1.93. The molecule has 19 heavy (non-hydrogen) atoms. The summed E-state index contributed by atoms with van der Waals surface area (Å²) in [5.41, 5.74) is 7.28. The minimum atomic E-state index is -0.444. The molecule has 0 spiro atoms. The van der Waals surface area contributed by atoms with Crippen LogP contribution < -0.4 is 11.1 Å². The fourth-order valence-corrected chi connectivity index (χ4v) is 2.54. The fraction of sp³-hybridized carbons (Fsp3) is 0.214. The van der Waals surface area contributed by atoms with E-state index in [0.29, 0.717) is 5.56 Å². The van der Waals surface area contributed by atoms with Crippen molar-refractivity contribution in [2.45, 2.75) is 19.4 Å². The number of rotatable bonds is 4. The van der Waals surface area contributed by atoms with E-state index in [2.05, 4.69) is 10.7 Å². The summed E-state index contributed by atoms with van der Waals surface area (Å²) >= 11 is 1.63. The van der Waals surface area contributed by atoms with E-state index in [4.69, 9.17) is 5.73 Å². The molecular weight excluding hydrogens is 263 g/mol. The van der Waals surface area contributed by atoms with E-state index in [-0.39, 0.29) is 17.6 Å². The zero-order valence-electron chi connectivity index (χ0n) is 10.5. The van der Waals surface area contributed by atoms with Crippen LogP contribution in [0.25, 0.3) is 0 Å². The highest BCUT2D eigenvalue weighted by Gasteiger charge is 2.13. The summed E-state index contributed by atoms with van der Waals surface area (Å²) in [5.74, 6) is -0.722. The first-order chi connectivity index (χ1) is 9.06. The molecule has 0 saturated carbocycles. The molecule has 0 radical (unpaired) electrons. The van der Waals surface area contributed by atoms with Gasteiger partial charge in [-0.05, 0) is 53.9 Å². The van der Waals surface area contributed by atoms with Crippen LogP contribution in [0.3, 0.4) is 0 Å². The number of benzene rings is 1. The van der Waals surface area contributed by atoms with Crippen molar-refractivity contribution in [3.63, 3.8) is 0 Å². The van der Waals surface area contributed by atoms with Crippen LogP contribution >= 0.6 is 11.3 Å². The highest BCUT2D eigenvalue weighted by molar-refractivity contribution is 7.07. The minimum Gasteiger partial charge on any atom is -0.398 e. The first-order valence-electron chi connectivity index (χ1n) is 5.93. The second-order valence-corrected chi connectivity index (χ2v) is 5.22. The zero-order chi connectivity index (χ0) is 13.8. The monoisotopic (exact) mass is 278 g/mol. The molecule has 0 saturated heterocycles. The van der Waals surface area contributed by atoms with Crippen molar-refractivity contribution in [3.05, 3.63) is 52.0 Å². The highest BCUT2D eigenvalue weighted by Crippen LogP contribution is 2.14. The molecule has 1 aromatic heterocycles. The van der Waals surface area contributed by atoms with Gasteiger partial charge >= 0.3 is 0 Å². The van der Waals surface area contributed by atoms with Gasteiger partial charge in [-0.3, -0.25) is 4.79 Å². The van der Waals surface area contributed by atoms with Crippen molar-refractivity contribution in [2.75, 3.05) is 5.73 Å². The third-order valence-corrected chi connectivity index (χ3v) is 3.49. The van der Waals surface area contributed by atoms with E-state index in [1.165, 1.54) is 17.7 Å². The summed E-state index contributed by atoms with van der Waals surface area (Å²) < 4.78 is 12.9. The summed E-state index contributed by atoms with van der Waals surface area (Å²) in [6.07, 6.45) is 0.760. The molecule has 0 bridgehead atoms. The minimum absolute atomic E-state index is 0.00782. The Morgan fingerprint density at radius 1 is 1.47 bits per heavy atom. The lowest BCUT2D eigenvalue weighted by atomic mass is 10.1. The first kappa shape index (κ1) is 13.5. The molecule has 3 nitrogen and oxygen atoms in total. The van der Waals surface area contributed by atoms with Gasteiger partial charge in [0.25, 0.3) is 5.91 Å². The summed E-state index contributed by atoms with van der Waals surface area (Å²) in [7, 11) is 0. The largest absolute Gasteiger partial charge is 0.398 e. The maximum absolute atomic E-state index is 12.9. The van der Waals surface area contributed by atoms with Gasteiger partial charge in [0.15, 0.2) is 0 Å². The van der Waals surface area contributed by atoms with Gasteiger partial charge in [0.05, 0.1) is 5.56 Å². The van der Waals surface area contributed by atoms with Gasteiger partial charge in [-0.1, -0.05) is 0 Å². The second kappa shape index (κ2) is 5.84. The Labute approximate surface area is 115 Å². The van der Waals surface area contributed by atoms with Crippen LogP contribution in [-0.4, -0.2) is 11.9 Å². The standard InChI is InChI=1S/C14H15FN2OS/c1-9(6-10-4-5-19-8-10)17-14(18)12-3-2-11(15)7-13(12)16/h2-5,7-9H,6,16H2,1H3,(H,17,18). The molecule has 1 amide bonds. The van der Waals surface area contributed by atoms with Crippen LogP contribution in [0.4, 0.5) is 10.1 Å². The number of carbonyl (C=O) groups excluding carboxylic acids is 1. The second-order valence-electron chi connectivity index (χ2n) is 4.44. The van der Waals surface area contributed by atoms with Crippen molar-refractivity contribution in [1.82, 2.24) is 5.32 Å². The Kier molecular flexibility index (Phi) is 4.16. The molecule has 2 rings (SSSR count). The summed E-state index contributed by atoms with van der Waals surface area (Å²) in [4.78, 5) is 12.0. The van der Waals surface area contributed by atoms with Crippen LogP contribution in [0.1, 0.15) is 22.8 Å². The van der Waals surface area contributed by atoms with E-state index in [1.807, 2.05) is 18.4 Å². The molecule has 0 fully saturated rings. The smallest absolute Gasteiger partial charge is 0.253 e. The maximum atomic E-state index is 12.9. The van der Waals surface area contributed by atoms with E-state index in [9.17, 15) is 9.18 Å². The number of nitrogens with two attached hydrogens (primary N) is 1. The SMILES string of the molecule is CC(Cc1ccsc1)NC(=O)c1ccc(F)cc1N. The normalized spacial score (nSPS) is 12.1. The number of anilines is 1. The number of thiophene rings is 1. The van der Waals surface area contributed by atoms with E-state index in [1.54, 1.807) is 11.3 Å². The number of hydrogen-bond acceptors (Lipinski definition) is 3. The molecule has 1 aromatic carbocycles. The lowest BCUT2D eigenvalue weighted by molar-refractivity contribution is 0.0941. The fourth-order valence-electron chi connectivity index (χ4n) is 1.86. The number of amides is 1. The van der Waals surface area contributed by atoms with Crippen molar-refractivity contribution in [1.29, 1.82) is 0 Å². The summed E-state index contributed by atoms with van der Waals surface area (Å²) in [5, 5.41) is 6.91. The molecule has 1 unspecified atom stereocenters. The average molecular weight is 278 g/mol. The topological polar surface area (TPSA) is 55.1 Å². The molecule has 0 aliphatic heterocycles. The molecule has 0 aliphatic carbocycles. The number of nitrogens with one attached hydrogen (secondary N) is 1. The van der Waals surface area contributed by atoms with Gasteiger partial charge in [0, 0.05) is 11.7 Å². The van der Waals surface area contributed by atoms with Gasteiger partial charge in [-0.25, -0.2) is 4.39 Å². The third-order valence-electron chi connectivity index (χ3n) is 2.76. The van der Waals surface area contributed by atoms with Crippen LogP contribution in [0.15, 0.2) is 35.0 Å². The van der Waals surface area contributed by atoms with Crippen molar-refractivity contribution >= 4 is 22.9 Å². The number of nitrogen functional groups attached to an aromatic ring is 1. The Hall–Kier alpha value is -1.88. The molecule has 2 aromatic rings. The first-order valence-corrected chi connectivity index (χ1v) is 6.87. The van der Waals surface area contributed by atoms with Crippen molar-refractivity contribution < 1.29 is 9.18 Å². The predicted octanol–water partition coefficient (Wildman–Crippen LogP) is 2.83. The number of halogens is 1. The highest BCUT2D eigenvalue weighted by atomic mass is 32.1. The molecule has 0 aliphatic rings. The molecule has 100 valence electrons. The van der Waals surface area contributed by atoms with E-state index < -0.39 is 5.82 Å². The third kappa shape index (κ3) is 3.54. The quantitative estimate of drug-likeness (QED) is 0.845. The lowest BCUT2D eigenvalue weighted by Gasteiger charge is -2.14. The number of hydrogen-bond donors (Lipinski definition) is 2. The molecule has 1 atom stereocenters. The van der Waals surface area contributed by atoms with Gasteiger partial charge in [0.2, 0.25) is 0 Å². The Bertz CT molecular complexity index is 569. The average Bonchev–Trinajstić information content (AvgIpc) is 2.81. The lowest BCUT2D eigenvalue weighted by Crippen LogP contribution is -2.34. The van der Waals surface area contributed by atoms with Crippen LogP contribution in [0, 0.1) is 5.82 Å². The predicted molar refractivity (Wildman–Crippen MR) is 75.8 cm³/mol. The van der Waals surface area contributed by atoms with E-state index >= 15 is 0 Å². The molecular formula is C14H15FN2OS. The Balaban J connectivity index is 2.00. The number of carbonyl (C=O) groups is 1. The van der Waals surface area contributed by atoms with Crippen LogP contribution in [0.2, 0.25) is 0 Å². The van der Waals surface area contributed by atoms with Crippen LogP contribution in [-0.2, 0) is 6.42 Å². The Morgan fingerprint density at radius 2 is 2.26 bits per heavy atom. The summed E-state index contributed by atoms with van der Waals surface area (Å²) in [6, 6.07) is 5.80. The molecule has 5 heteroatoms. The molecule has 1 heterocycles. The van der Waals surface area contributed by atoms with Crippen molar-refractivity contribution in [2.24, 2.45) is 0 Å². The Morgan fingerprint density at radius 3 is 2.89 bits per heavy atom. The molecule has 3 N–H and O–H groups in total. The van der Waals surface area contributed by atoms with Gasteiger partial charge in [-0.15, -0.1) is 0 Å². The zero-order valence-corrected chi connectivity index (χ0v) is 11.3. The van der Waals surface area contributed by atoms with Gasteiger partial charge in [0.1, 0.15) is 5.82 Å². The van der Waals surface area contributed by atoms with E-state index in [0.717, 1.165) is 12.5 Å². The van der Waals surface area contributed by atoms with Gasteiger partial charge < -0.3 is 11.1 Å².